The number of rotatable bonds is 11. The first-order valence-electron chi connectivity index (χ1n) is 11.0. The highest BCUT2D eigenvalue weighted by Gasteiger charge is 2.29. The summed E-state index contributed by atoms with van der Waals surface area (Å²) in [6, 6.07) is 13.4. The number of hydrogen-bond acceptors (Lipinski definition) is 5. The lowest BCUT2D eigenvalue weighted by Gasteiger charge is -2.13. The number of nitrogens with zero attached hydrogens (tertiary/aromatic N) is 1. The zero-order chi connectivity index (χ0) is 22.9. The fourth-order valence-electron chi connectivity index (χ4n) is 3.27. The molecule has 6 nitrogen and oxygen atoms in total. The van der Waals surface area contributed by atoms with Gasteiger partial charge in [0.05, 0.1) is 13.2 Å². The van der Waals surface area contributed by atoms with E-state index in [1.54, 1.807) is 4.90 Å². The molecule has 1 saturated heterocycles. The third kappa shape index (κ3) is 6.01. The van der Waals surface area contributed by atoms with Crippen molar-refractivity contribution in [3.05, 3.63) is 59.3 Å². The van der Waals surface area contributed by atoms with Gasteiger partial charge in [-0.25, -0.2) is 0 Å². The Bertz CT molecular complexity index is 972. The Kier molecular flexibility index (Phi) is 8.50. The second-order valence-corrected chi connectivity index (χ2v) is 7.69. The van der Waals surface area contributed by atoms with Crippen LogP contribution in [0.1, 0.15) is 44.7 Å². The highest BCUT2D eigenvalue weighted by Crippen LogP contribution is 2.29. The van der Waals surface area contributed by atoms with Crippen LogP contribution in [-0.2, 0) is 11.4 Å². The van der Waals surface area contributed by atoms with Crippen molar-refractivity contribution in [3.8, 4) is 17.2 Å². The molecule has 0 bridgehead atoms. The minimum absolute atomic E-state index is 0.0793. The minimum atomic E-state index is -0.0793. The lowest BCUT2D eigenvalue weighted by Crippen LogP contribution is -2.31. The maximum Gasteiger partial charge on any atom is 0.276 e. The number of unbranched alkanes of at least 4 members (excludes halogenated alkanes) is 1. The van der Waals surface area contributed by atoms with Crippen LogP contribution in [0.15, 0.2) is 48.2 Å². The van der Waals surface area contributed by atoms with E-state index in [2.05, 4.69) is 12.2 Å². The van der Waals surface area contributed by atoms with E-state index in [1.807, 2.05) is 62.4 Å². The fourth-order valence-corrected chi connectivity index (χ4v) is 3.55. The largest absolute Gasteiger partial charge is 0.490 e. The third-order valence-electron chi connectivity index (χ3n) is 4.90. The SMILES string of the molecule is CCCCN1C(=O)/C(=C\c2ccc(OCc3ccc(OCC)c(OCC)c3)cc2)NC1=S. The summed E-state index contributed by atoms with van der Waals surface area (Å²) in [6.07, 6.45) is 3.75. The summed E-state index contributed by atoms with van der Waals surface area (Å²) in [7, 11) is 0. The van der Waals surface area contributed by atoms with Gasteiger partial charge in [-0.2, -0.15) is 0 Å². The average Bonchev–Trinajstić information content (AvgIpc) is 3.06. The highest BCUT2D eigenvalue weighted by atomic mass is 32.1. The van der Waals surface area contributed by atoms with Gasteiger partial charge in [-0.1, -0.05) is 31.5 Å². The second kappa shape index (κ2) is 11.5. The number of carbonyl (C=O) groups excluding carboxylic acids is 1. The third-order valence-corrected chi connectivity index (χ3v) is 5.22. The molecule has 1 fully saturated rings. The molecule has 2 aromatic carbocycles. The first kappa shape index (κ1) is 23.6. The van der Waals surface area contributed by atoms with Crippen molar-refractivity contribution < 1.29 is 19.0 Å². The molecule has 32 heavy (non-hydrogen) atoms. The Morgan fingerprint density at radius 1 is 0.969 bits per heavy atom. The van der Waals surface area contributed by atoms with E-state index in [1.165, 1.54) is 0 Å². The molecule has 0 atom stereocenters. The Morgan fingerprint density at radius 3 is 2.38 bits per heavy atom. The Hall–Kier alpha value is -3.06. The van der Waals surface area contributed by atoms with Crippen LogP contribution in [-0.4, -0.2) is 35.7 Å². The summed E-state index contributed by atoms with van der Waals surface area (Å²) >= 11 is 5.29. The number of thiocarbonyl (C=S) groups is 1. The molecule has 1 aliphatic rings. The lowest BCUT2D eigenvalue weighted by molar-refractivity contribution is -0.122. The zero-order valence-corrected chi connectivity index (χ0v) is 19.7. The van der Waals surface area contributed by atoms with Gasteiger partial charge >= 0.3 is 0 Å². The van der Waals surface area contributed by atoms with Crippen molar-refractivity contribution in [1.82, 2.24) is 10.2 Å². The van der Waals surface area contributed by atoms with Crippen molar-refractivity contribution >= 4 is 29.3 Å². The molecule has 0 spiro atoms. The van der Waals surface area contributed by atoms with Gasteiger partial charge in [0.1, 0.15) is 18.1 Å². The molecule has 0 unspecified atom stereocenters. The average molecular weight is 455 g/mol. The van der Waals surface area contributed by atoms with Crippen molar-refractivity contribution in [2.75, 3.05) is 19.8 Å². The summed E-state index contributed by atoms with van der Waals surface area (Å²) in [5.74, 6) is 2.12. The molecule has 3 rings (SSSR count). The number of carbonyl (C=O) groups is 1. The summed E-state index contributed by atoms with van der Waals surface area (Å²) in [6.45, 7) is 8.19. The number of nitrogens with one attached hydrogen (secondary N) is 1. The van der Waals surface area contributed by atoms with Crippen molar-refractivity contribution in [1.29, 1.82) is 0 Å². The summed E-state index contributed by atoms with van der Waals surface area (Å²) < 4.78 is 17.2. The standard InChI is InChI=1S/C25H30N2O4S/c1-4-7-14-27-24(28)21(26-25(27)32)15-18-8-11-20(12-9-18)31-17-19-10-13-22(29-5-2)23(16-19)30-6-3/h8-13,15-16H,4-7,14,17H2,1-3H3,(H,26,32)/b21-15+. The van der Waals surface area contributed by atoms with Gasteiger partial charge in [0.15, 0.2) is 16.6 Å². The van der Waals surface area contributed by atoms with Gasteiger partial charge in [0.2, 0.25) is 0 Å². The van der Waals surface area contributed by atoms with Crippen molar-refractivity contribution in [2.24, 2.45) is 0 Å². The normalized spacial score (nSPS) is 14.6. The number of amides is 1. The Balaban J connectivity index is 1.62. The molecule has 0 aliphatic carbocycles. The molecule has 1 heterocycles. The van der Waals surface area contributed by atoms with Crippen LogP contribution in [0.3, 0.4) is 0 Å². The first-order chi connectivity index (χ1) is 15.5. The molecular weight excluding hydrogens is 424 g/mol. The van der Waals surface area contributed by atoms with Crippen LogP contribution in [0.2, 0.25) is 0 Å². The van der Waals surface area contributed by atoms with Gasteiger partial charge < -0.3 is 19.5 Å². The summed E-state index contributed by atoms with van der Waals surface area (Å²) in [4.78, 5) is 14.2. The van der Waals surface area contributed by atoms with Gasteiger partial charge in [0, 0.05) is 6.54 Å². The van der Waals surface area contributed by atoms with E-state index in [0.717, 1.165) is 41.2 Å². The van der Waals surface area contributed by atoms with E-state index in [9.17, 15) is 4.79 Å². The molecule has 7 heteroatoms. The predicted molar refractivity (Wildman–Crippen MR) is 130 cm³/mol. The molecule has 2 aromatic rings. The molecule has 0 radical (unpaired) electrons. The molecule has 0 aromatic heterocycles. The fraction of sp³-hybridized carbons (Fsp3) is 0.360. The van der Waals surface area contributed by atoms with Gasteiger partial charge in [-0.3, -0.25) is 9.69 Å². The molecule has 1 aliphatic heterocycles. The molecule has 170 valence electrons. The zero-order valence-electron chi connectivity index (χ0n) is 18.8. The maximum absolute atomic E-state index is 12.6. The summed E-state index contributed by atoms with van der Waals surface area (Å²) in [5.41, 5.74) is 2.38. The predicted octanol–water partition coefficient (Wildman–Crippen LogP) is 4.92. The number of hydrogen-bond donors (Lipinski definition) is 1. The Morgan fingerprint density at radius 2 is 1.69 bits per heavy atom. The highest BCUT2D eigenvalue weighted by molar-refractivity contribution is 7.80. The van der Waals surface area contributed by atoms with Crippen LogP contribution < -0.4 is 19.5 Å². The number of ether oxygens (including phenoxy) is 3. The molecule has 1 amide bonds. The first-order valence-corrected chi connectivity index (χ1v) is 11.4. The molecular formula is C25H30N2O4S. The van der Waals surface area contributed by atoms with Gasteiger partial charge in [-0.15, -0.1) is 0 Å². The quantitative estimate of drug-likeness (QED) is 0.384. The van der Waals surface area contributed by atoms with E-state index < -0.39 is 0 Å². The van der Waals surface area contributed by atoms with E-state index in [-0.39, 0.29) is 5.91 Å². The minimum Gasteiger partial charge on any atom is -0.490 e. The van der Waals surface area contributed by atoms with Crippen LogP contribution in [0, 0.1) is 0 Å². The topological polar surface area (TPSA) is 60.0 Å². The molecule has 1 N–H and O–H groups in total. The van der Waals surface area contributed by atoms with Crippen molar-refractivity contribution in [3.63, 3.8) is 0 Å². The van der Waals surface area contributed by atoms with Crippen LogP contribution >= 0.6 is 12.2 Å². The summed E-state index contributed by atoms with van der Waals surface area (Å²) in [5, 5.41) is 3.49. The number of benzene rings is 2. The van der Waals surface area contributed by atoms with Crippen molar-refractivity contribution in [2.45, 2.75) is 40.2 Å². The lowest BCUT2D eigenvalue weighted by atomic mass is 10.1. The van der Waals surface area contributed by atoms with E-state index >= 15 is 0 Å². The van der Waals surface area contributed by atoms with Crippen LogP contribution in [0.5, 0.6) is 17.2 Å². The van der Waals surface area contributed by atoms with E-state index in [4.69, 9.17) is 26.4 Å². The van der Waals surface area contributed by atoms with Gasteiger partial charge in [0.25, 0.3) is 5.91 Å². The smallest absolute Gasteiger partial charge is 0.276 e. The molecule has 0 saturated carbocycles. The second-order valence-electron chi connectivity index (χ2n) is 7.30. The van der Waals surface area contributed by atoms with Crippen LogP contribution in [0.25, 0.3) is 6.08 Å². The maximum atomic E-state index is 12.6. The Labute approximate surface area is 195 Å². The van der Waals surface area contributed by atoms with E-state index in [0.29, 0.717) is 37.2 Å². The van der Waals surface area contributed by atoms with Gasteiger partial charge in [-0.05, 0) is 74.0 Å². The monoisotopic (exact) mass is 454 g/mol. The van der Waals surface area contributed by atoms with Crippen LogP contribution in [0.4, 0.5) is 0 Å².